The third kappa shape index (κ3) is 3.24. The van der Waals surface area contributed by atoms with Crippen LogP contribution in [0.4, 0.5) is 4.39 Å². The van der Waals surface area contributed by atoms with Crippen LogP contribution < -0.4 is 10.1 Å². The predicted molar refractivity (Wildman–Crippen MR) is 98.9 cm³/mol. The minimum Gasteiger partial charge on any atom is -0.494 e. The van der Waals surface area contributed by atoms with Gasteiger partial charge in [0, 0.05) is 29.2 Å². The number of rotatable bonds is 5. The summed E-state index contributed by atoms with van der Waals surface area (Å²) in [5.74, 6) is 0.698. The summed E-state index contributed by atoms with van der Waals surface area (Å²) in [5, 5.41) is 4.89. The van der Waals surface area contributed by atoms with Crippen LogP contribution in [-0.4, -0.2) is 17.7 Å². The lowest BCUT2D eigenvalue weighted by Gasteiger charge is -2.17. The van der Waals surface area contributed by atoms with Crippen molar-refractivity contribution in [2.75, 3.05) is 13.2 Å². The van der Waals surface area contributed by atoms with E-state index < -0.39 is 0 Å². The van der Waals surface area contributed by atoms with Crippen molar-refractivity contribution in [3.63, 3.8) is 0 Å². The standard InChI is InChI=1S/C20H20ClFN2O/c21-14-5-7-15(8-6-14)25-12-2-11-24-18-4-1-3-17(22)20(18)16-9-10-23-13-19(16)24/h1,3-8,23H,2,9-13H2. The molecular formula is C20H20ClFN2O. The molecule has 1 aliphatic heterocycles. The van der Waals surface area contributed by atoms with Crippen LogP contribution in [0.2, 0.25) is 5.02 Å². The Morgan fingerprint density at radius 2 is 2.00 bits per heavy atom. The van der Waals surface area contributed by atoms with Crippen molar-refractivity contribution in [3.8, 4) is 5.75 Å². The predicted octanol–water partition coefficient (Wildman–Crippen LogP) is 4.55. The van der Waals surface area contributed by atoms with Gasteiger partial charge in [-0.2, -0.15) is 0 Å². The molecule has 0 aliphatic carbocycles. The molecule has 2 heterocycles. The van der Waals surface area contributed by atoms with E-state index in [1.807, 2.05) is 30.3 Å². The van der Waals surface area contributed by atoms with Gasteiger partial charge in [-0.25, -0.2) is 4.39 Å². The molecule has 2 aromatic carbocycles. The van der Waals surface area contributed by atoms with E-state index in [0.717, 1.165) is 54.7 Å². The summed E-state index contributed by atoms with van der Waals surface area (Å²) in [6.45, 7) is 3.12. The summed E-state index contributed by atoms with van der Waals surface area (Å²) in [6.07, 6.45) is 1.73. The van der Waals surface area contributed by atoms with E-state index in [1.54, 1.807) is 12.1 Å². The van der Waals surface area contributed by atoms with Crippen LogP contribution in [0.1, 0.15) is 17.7 Å². The molecule has 0 atom stereocenters. The number of benzene rings is 2. The van der Waals surface area contributed by atoms with Crippen LogP contribution >= 0.6 is 11.6 Å². The Hall–Kier alpha value is -2.04. The van der Waals surface area contributed by atoms with Gasteiger partial charge in [0.05, 0.1) is 12.1 Å². The van der Waals surface area contributed by atoms with Crippen molar-refractivity contribution in [2.24, 2.45) is 0 Å². The third-order valence-corrected chi connectivity index (χ3v) is 4.96. The number of aryl methyl sites for hydroxylation is 1. The highest BCUT2D eigenvalue weighted by atomic mass is 35.5. The first-order valence-electron chi connectivity index (χ1n) is 8.61. The van der Waals surface area contributed by atoms with Crippen molar-refractivity contribution in [3.05, 3.63) is 64.6 Å². The molecule has 5 heteroatoms. The first-order chi connectivity index (χ1) is 12.2. The van der Waals surface area contributed by atoms with Gasteiger partial charge in [0.1, 0.15) is 11.6 Å². The Morgan fingerprint density at radius 1 is 1.16 bits per heavy atom. The zero-order chi connectivity index (χ0) is 17.2. The minimum atomic E-state index is -0.119. The van der Waals surface area contributed by atoms with E-state index >= 15 is 0 Å². The van der Waals surface area contributed by atoms with Gasteiger partial charge in [0.2, 0.25) is 0 Å². The van der Waals surface area contributed by atoms with Crippen molar-refractivity contribution < 1.29 is 9.13 Å². The second-order valence-corrected chi connectivity index (χ2v) is 6.73. The smallest absolute Gasteiger partial charge is 0.132 e. The number of nitrogens with one attached hydrogen (secondary N) is 1. The Bertz CT molecular complexity index is 889. The van der Waals surface area contributed by atoms with E-state index in [9.17, 15) is 4.39 Å². The Labute approximate surface area is 151 Å². The SMILES string of the molecule is Fc1cccc2c1c1c(n2CCCOc2ccc(Cl)cc2)CNCC1. The Kier molecular flexibility index (Phi) is 4.64. The number of halogens is 2. The number of hydrogen-bond acceptors (Lipinski definition) is 2. The number of ether oxygens (including phenoxy) is 1. The molecule has 3 aromatic rings. The molecule has 0 fully saturated rings. The summed E-state index contributed by atoms with van der Waals surface area (Å²) >= 11 is 5.88. The number of fused-ring (bicyclic) bond motifs is 3. The minimum absolute atomic E-state index is 0.119. The molecule has 1 N–H and O–H groups in total. The molecule has 0 radical (unpaired) electrons. The zero-order valence-electron chi connectivity index (χ0n) is 13.9. The van der Waals surface area contributed by atoms with Crippen molar-refractivity contribution in [1.29, 1.82) is 0 Å². The maximum absolute atomic E-state index is 14.4. The highest BCUT2D eigenvalue weighted by molar-refractivity contribution is 6.30. The van der Waals surface area contributed by atoms with Crippen molar-refractivity contribution in [2.45, 2.75) is 25.9 Å². The molecule has 0 amide bonds. The van der Waals surface area contributed by atoms with Crippen LogP contribution in [0, 0.1) is 5.82 Å². The molecule has 4 rings (SSSR count). The second kappa shape index (κ2) is 7.06. The quantitative estimate of drug-likeness (QED) is 0.677. The van der Waals surface area contributed by atoms with E-state index in [4.69, 9.17) is 16.3 Å². The molecule has 0 bridgehead atoms. The van der Waals surface area contributed by atoms with Crippen molar-refractivity contribution >= 4 is 22.5 Å². The van der Waals surface area contributed by atoms with Gasteiger partial charge < -0.3 is 14.6 Å². The van der Waals surface area contributed by atoms with E-state index in [1.165, 1.54) is 5.69 Å². The summed E-state index contributed by atoms with van der Waals surface area (Å²) in [7, 11) is 0. The molecule has 1 aliphatic rings. The van der Waals surface area contributed by atoms with Gasteiger partial charge in [-0.15, -0.1) is 0 Å². The zero-order valence-corrected chi connectivity index (χ0v) is 14.7. The Balaban J connectivity index is 1.51. The van der Waals surface area contributed by atoms with Gasteiger partial charge in [0.25, 0.3) is 0 Å². The average molecular weight is 359 g/mol. The van der Waals surface area contributed by atoms with Crippen LogP contribution in [0.5, 0.6) is 5.75 Å². The van der Waals surface area contributed by atoms with Gasteiger partial charge in [0.15, 0.2) is 0 Å². The Morgan fingerprint density at radius 3 is 2.84 bits per heavy atom. The summed E-state index contributed by atoms with van der Waals surface area (Å²) in [4.78, 5) is 0. The van der Waals surface area contributed by atoms with Crippen LogP contribution in [-0.2, 0) is 19.5 Å². The van der Waals surface area contributed by atoms with E-state index in [2.05, 4.69) is 9.88 Å². The van der Waals surface area contributed by atoms with Gasteiger partial charge >= 0.3 is 0 Å². The first-order valence-corrected chi connectivity index (χ1v) is 8.99. The molecule has 0 saturated carbocycles. The number of nitrogens with zero attached hydrogens (tertiary/aromatic N) is 1. The molecule has 0 spiro atoms. The molecule has 25 heavy (non-hydrogen) atoms. The lowest BCUT2D eigenvalue weighted by Crippen LogP contribution is -2.25. The average Bonchev–Trinajstić information content (AvgIpc) is 2.95. The summed E-state index contributed by atoms with van der Waals surface area (Å²) < 4.78 is 22.4. The highest BCUT2D eigenvalue weighted by Crippen LogP contribution is 2.31. The van der Waals surface area contributed by atoms with E-state index in [-0.39, 0.29) is 5.82 Å². The maximum Gasteiger partial charge on any atom is 0.132 e. The highest BCUT2D eigenvalue weighted by Gasteiger charge is 2.21. The molecule has 0 unspecified atom stereocenters. The van der Waals surface area contributed by atoms with Gasteiger partial charge in [-0.1, -0.05) is 17.7 Å². The molecule has 1 aromatic heterocycles. The lowest BCUT2D eigenvalue weighted by molar-refractivity contribution is 0.301. The van der Waals surface area contributed by atoms with Crippen LogP contribution in [0.15, 0.2) is 42.5 Å². The summed E-state index contributed by atoms with van der Waals surface area (Å²) in [5.41, 5.74) is 3.35. The normalized spacial score (nSPS) is 13.8. The van der Waals surface area contributed by atoms with Crippen LogP contribution in [0.3, 0.4) is 0 Å². The molecular weight excluding hydrogens is 339 g/mol. The second-order valence-electron chi connectivity index (χ2n) is 6.29. The van der Waals surface area contributed by atoms with Crippen LogP contribution in [0.25, 0.3) is 10.9 Å². The number of aromatic nitrogens is 1. The third-order valence-electron chi connectivity index (χ3n) is 4.71. The van der Waals surface area contributed by atoms with Gasteiger partial charge in [-0.05, 0) is 61.3 Å². The molecule has 3 nitrogen and oxygen atoms in total. The fourth-order valence-electron chi connectivity index (χ4n) is 3.58. The molecule has 0 saturated heterocycles. The monoisotopic (exact) mass is 358 g/mol. The molecule has 130 valence electrons. The fraction of sp³-hybridized carbons (Fsp3) is 0.300. The first kappa shape index (κ1) is 16.4. The van der Waals surface area contributed by atoms with Crippen molar-refractivity contribution in [1.82, 2.24) is 9.88 Å². The van der Waals surface area contributed by atoms with Gasteiger partial charge in [-0.3, -0.25) is 0 Å². The summed E-state index contributed by atoms with van der Waals surface area (Å²) in [6, 6.07) is 12.7. The largest absolute Gasteiger partial charge is 0.494 e. The van der Waals surface area contributed by atoms with E-state index in [0.29, 0.717) is 11.6 Å². The fourth-order valence-corrected chi connectivity index (χ4v) is 3.71. The topological polar surface area (TPSA) is 26.2 Å². The maximum atomic E-state index is 14.4. The lowest BCUT2D eigenvalue weighted by atomic mass is 10.0. The number of hydrogen-bond donors (Lipinski definition) is 1.